The zero-order valence-electron chi connectivity index (χ0n) is 6.21. The molecule has 2 rings (SSSR count). The second-order valence-electron chi connectivity index (χ2n) is 2.63. The number of halogens is 1. The summed E-state index contributed by atoms with van der Waals surface area (Å²) in [6.45, 7) is 2.12. The maximum Gasteiger partial charge on any atom is 0.0594 e. The molecule has 56 valence electrons. The quantitative estimate of drug-likeness (QED) is 0.629. The molecule has 0 atom stereocenters. The highest BCUT2D eigenvalue weighted by molar-refractivity contribution is 9.08. The third-order valence-electron chi connectivity index (χ3n) is 1.90. The lowest BCUT2D eigenvalue weighted by molar-refractivity contribution is 1.38. The number of nitrogens with zero attached hydrogens (tertiary/aromatic N) is 1. The Morgan fingerprint density at radius 2 is 2.09 bits per heavy atom. The van der Waals surface area contributed by atoms with Crippen LogP contribution in [-0.4, -0.2) is 3.59 Å². The Bertz CT molecular complexity index is 389. The van der Waals surface area contributed by atoms with Crippen molar-refractivity contribution in [2.24, 2.45) is 0 Å². The third-order valence-corrected chi connectivity index (χ3v) is 2.52. The number of hydrogen-bond donors (Lipinski definition) is 0. The molecule has 0 aliphatic carbocycles. The first-order valence-electron chi connectivity index (χ1n) is 3.52. The molecule has 0 spiro atoms. The van der Waals surface area contributed by atoms with Crippen LogP contribution < -0.4 is 0 Å². The van der Waals surface area contributed by atoms with Crippen LogP contribution in [-0.2, 0) is 0 Å². The van der Waals surface area contributed by atoms with E-state index in [2.05, 4.69) is 47.3 Å². The molecule has 0 bridgehead atoms. The fraction of sp³-hybridized carbons (Fsp3) is 0.111. The van der Waals surface area contributed by atoms with Crippen molar-refractivity contribution in [3.05, 3.63) is 36.0 Å². The summed E-state index contributed by atoms with van der Waals surface area (Å²) >= 11 is 3.42. The van der Waals surface area contributed by atoms with E-state index in [0.717, 1.165) is 0 Å². The molecule has 0 aliphatic rings. The Morgan fingerprint density at radius 1 is 1.27 bits per heavy atom. The van der Waals surface area contributed by atoms with Crippen LogP contribution in [0.15, 0.2) is 30.5 Å². The Labute approximate surface area is 74.0 Å². The maximum atomic E-state index is 3.42. The molecule has 0 unspecified atom stereocenters. The summed E-state index contributed by atoms with van der Waals surface area (Å²) in [4.78, 5) is 0. The first kappa shape index (κ1) is 6.92. The molecule has 2 aromatic rings. The van der Waals surface area contributed by atoms with Crippen molar-refractivity contribution in [1.82, 2.24) is 3.59 Å². The van der Waals surface area contributed by atoms with Gasteiger partial charge in [0.05, 0.1) is 21.7 Å². The zero-order valence-corrected chi connectivity index (χ0v) is 7.80. The van der Waals surface area contributed by atoms with Crippen LogP contribution in [0.5, 0.6) is 0 Å². The smallest absolute Gasteiger partial charge is 0.0594 e. The van der Waals surface area contributed by atoms with Gasteiger partial charge in [-0.2, -0.15) is 0 Å². The summed E-state index contributed by atoms with van der Waals surface area (Å²) in [5, 5.41) is 1.31. The maximum absolute atomic E-state index is 3.42. The SMILES string of the molecule is Cc1cccc2c1ccn2Br. The standard InChI is InChI=1S/C9H8BrN/c1-7-3-2-4-9-8(7)5-6-11(9)10/h2-6H,1H3. The monoisotopic (exact) mass is 209 g/mol. The van der Waals surface area contributed by atoms with Crippen molar-refractivity contribution in [2.45, 2.75) is 6.92 Å². The number of aromatic nitrogens is 1. The van der Waals surface area contributed by atoms with Gasteiger partial charge >= 0.3 is 0 Å². The molecule has 0 amide bonds. The lowest BCUT2D eigenvalue weighted by atomic mass is 10.1. The van der Waals surface area contributed by atoms with Gasteiger partial charge in [0, 0.05) is 11.6 Å². The summed E-state index contributed by atoms with van der Waals surface area (Å²) in [7, 11) is 0. The van der Waals surface area contributed by atoms with Crippen LogP contribution in [0.4, 0.5) is 0 Å². The normalized spacial score (nSPS) is 10.7. The molecule has 0 saturated carbocycles. The number of hydrogen-bond acceptors (Lipinski definition) is 0. The third kappa shape index (κ3) is 0.979. The van der Waals surface area contributed by atoms with Crippen molar-refractivity contribution >= 4 is 27.1 Å². The number of rotatable bonds is 0. The minimum atomic E-state index is 1.23. The second kappa shape index (κ2) is 2.38. The van der Waals surface area contributed by atoms with E-state index >= 15 is 0 Å². The molecule has 1 nitrogen and oxygen atoms in total. The van der Waals surface area contributed by atoms with Gasteiger partial charge in [-0.1, -0.05) is 12.1 Å². The van der Waals surface area contributed by atoms with E-state index in [9.17, 15) is 0 Å². The van der Waals surface area contributed by atoms with Gasteiger partial charge in [-0.25, -0.2) is 0 Å². The predicted octanol–water partition coefficient (Wildman–Crippen LogP) is 3.11. The van der Waals surface area contributed by atoms with Gasteiger partial charge in [0.25, 0.3) is 0 Å². The van der Waals surface area contributed by atoms with Crippen molar-refractivity contribution in [2.75, 3.05) is 0 Å². The van der Waals surface area contributed by atoms with E-state index in [-0.39, 0.29) is 0 Å². The Hall–Kier alpha value is -0.760. The highest BCUT2D eigenvalue weighted by Gasteiger charge is 1.98. The van der Waals surface area contributed by atoms with Crippen LogP contribution in [0.2, 0.25) is 0 Å². The molecular weight excluding hydrogens is 202 g/mol. The topological polar surface area (TPSA) is 4.93 Å². The average molecular weight is 210 g/mol. The van der Waals surface area contributed by atoms with Crippen LogP contribution >= 0.6 is 16.1 Å². The second-order valence-corrected chi connectivity index (χ2v) is 3.40. The summed E-state index contributed by atoms with van der Waals surface area (Å²) in [5.41, 5.74) is 2.55. The number of aryl methyl sites for hydroxylation is 1. The summed E-state index contributed by atoms with van der Waals surface area (Å²) in [6.07, 6.45) is 2.01. The van der Waals surface area contributed by atoms with E-state index in [1.165, 1.54) is 16.5 Å². The van der Waals surface area contributed by atoms with E-state index in [0.29, 0.717) is 0 Å². The van der Waals surface area contributed by atoms with Gasteiger partial charge in [0.15, 0.2) is 0 Å². The van der Waals surface area contributed by atoms with E-state index < -0.39 is 0 Å². The highest BCUT2D eigenvalue weighted by atomic mass is 79.9. The molecule has 0 fully saturated rings. The number of fused-ring (bicyclic) bond motifs is 1. The minimum Gasteiger partial charge on any atom is -0.284 e. The first-order valence-corrected chi connectivity index (χ1v) is 4.23. The number of benzene rings is 1. The molecule has 0 N–H and O–H groups in total. The van der Waals surface area contributed by atoms with E-state index in [1.807, 2.05) is 9.79 Å². The Balaban J connectivity index is 2.94. The molecule has 2 heteroatoms. The molecule has 1 aromatic heterocycles. The fourth-order valence-electron chi connectivity index (χ4n) is 1.29. The lowest BCUT2D eigenvalue weighted by Crippen LogP contribution is -1.76. The molecule has 0 aliphatic heterocycles. The highest BCUT2D eigenvalue weighted by Crippen LogP contribution is 2.20. The molecule has 11 heavy (non-hydrogen) atoms. The van der Waals surface area contributed by atoms with Crippen molar-refractivity contribution in [3.63, 3.8) is 0 Å². The molecule has 0 radical (unpaired) electrons. The molecule has 1 heterocycles. The van der Waals surface area contributed by atoms with E-state index in [4.69, 9.17) is 0 Å². The van der Waals surface area contributed by atoms with Gasteiger partial charge in [0.1, 0.15) is 0 Å². The first-order chi connectivity index (χ1) is 5.29. The van der Waals surface area contributed by atoms with Gasteiger partial charge in [-0.05, 0) is 24.6 Å². The summed E-state index contributed by atoms with van der Waals surface area (Å²) in [6, 6.07) is 8.39. The van der Waals surface area contributed by atoms with Crippen molar-refractivity contribution < 1.29 is 0 Å². The largest absolute Gasteiger partial charge is 0.284 e. The predicted molar refractivity (Wildman–Crippen MR) is 51.0 cm³/mol. The zero-order chi connectivity index (χ0) is 7.84. The molecule has 1 aromatic carbocycles. The Morgan fingerprint density at radius 3 is 2.82 bits per heavy atom. The Kier molecular flexibility index (Phi) is 1.50. The van der Waals surface area contributed by atoms with Gasteiger partial charge < -0.3 is 0 Å². The molecule has 0 saturated heterocycles. The summed E-state index contributed by atoms with van der Waals surface area (Å²) in [5.74, 6) is 0. The van der Waals surface area contributed by atoms with Crippen LogP contribution in [0, 0.1) is 6.92 Å². The molecular formula is C9H8BrN. The van der Waals surface area contributed by atoms with Gasteiger partial charge in [-0.15, -0.1) is 0 Å². The minimum absolute atomic E-state index is 1.23. The van der Waals surface area contributed by atoms with Crippen molar-refractivity contribution in [1.29, 1.82) is 0 Å². The van der Waals surface area contributed by atoms with E-state index in [1.54, 1.807) is 0 Å². The van der Waals surface area contributed by atoms with Gasteiger partial charge in [-0.3, -0.25) is 3.59 Å². The van der Waals surface area contributed by atoms with Crippen LogP contribution in [0.1, 0.15) is 5.56 Å². The fourth-order valence-corrected chi connectivity index (χ4v) is 1.72. The van der Waals surface area contributed by atoms with Crippen LogP contribution in [0.3, 0.4) is 0 Å². The lowest BCUT2D eigenvalue weighted by Gasteiger charge is -1.95. The summed E-state index contributed by atoms with van der Waals surface area (Å²) < 4.78 is 1.95. The van der Waals surface area contributed by atoms with Crippen molar-refractivity contribution in [3.8, 4) is 0 Å². The van der Waals surface area contributed by atoms with Gasteiger partial charge in [0.2, 0.25) is 0 Å². The average Bonchev–Trinajstić information content (AvgIpc) is 2.35. The van der Waals surface area contributed by atoms with Crippen LogP contribution in [0.25, 0.3) is 10.9 Å².